The van der Waals surface area contributed by atoms with Crippen LogP contribution in [0.25, 0.3) is 0 Å². The minimum Gasteiger partial charge on any atom is -0.392 e. The van der Waals surface area contributed by atoms with Crippen molar-refractivity contribution in [3.8, 4) is 0 Å². The van der Waals surface area contributed by atoms with Crippen molar-refractivity contribution < 1.29 is 27.0 Å². The van der Waals surface area contributed by atoms with E-state index < -0.39 is 55.2 Å². The lowest BCUT2D eigenvalue weighted by Crippen LogP contribution is -2.57. The summed E-state index contributed by atoms with van der Waals surface area (Å²) in [7, 11) is -7.49. The standard InChI is InChI=1S/C26H46N2O6S2/c1-23(2)17-9-11-25(23,21(29)13-17)15-35(31,32)27-19-7-5-6-8-20(19)28-36(33,34)16-26-12-10-18(14-22(26)30)24(26,3)4/h17-22,27-30H,5-16H2,1-4H3/t17-,18+,19-,20-,21+,22-,25-,26+/m0/s1. The van der Waals surface area contributed by atoms with Gasteiger partial charge in [-0.1, -0.05) is 40.5 Å². The van der Waals surface area contributed by atoms with Crippen LogP contribution in [0.4, 0.5) is 0 Å². The number of fused-ring (bicyclic) bond motifs is 4. The molecular weight excluding hydrogens is 500 g/mol. The minimum atomic E-state index is -3.75. The summed E-state index contributed by atoms with van der Waals surface area (Å²) in [5.41, 5.74) is -1.81. The average Bonchev–Trinajstić information content (AvgIpc) is 3.27. The summed E-state index contributed by atoms with van der Waals surface area (Å²) in [6.45, 7) is 8.33. The van der Waals surface area contributed by atoms with Crippen LogP contribution in [0.2, 0.25) is 0 Å². The van der Waals surface area contributed by atoms with Crippen molar-refractivity contribution in [2.45, 2.75) is 116 Å². The van der Waals surface area contributed by atoms with Crippen molar-refractivity contribution in [2.75, 3.05) is 11.5 Å². The van der Waals surface area contributed by atoms with Crippen LogP contribution in [0.5, 0.6) is 0 Å². The zero-order valence-electron chi connectivity index (χ0n) is 22.3. The van der Waals surface area contributed by atoms with Gasteiger partial charge in [-0.05, 0) is 74.0 Å². The summed E-state index contributed by atoms with van der Waals surface area (Å²) in [4.78, 5) is 0. The Labute approximate surface area is 217 Å². The number of sulfonamides is 2. The first-order valence-corrected chi connectivity index (χ1v) is 17.2. The van der Waals surface area contributed by atoms with Crippen LogP contribution in [-0.4, -0.2) is 62.8 Å². The number of aliphatic hydroxyl groups excluding tert-OH is 2. The van der Waals surface area contributed by atoms with Gasteiger partial charge in [-0.25, -0.2) is 26.3 Å². The van der Waals surface area contributed by atoms with Crippen LogP contribution in [0.1, 0.15) is 91.9 Å². The van der Waals surface area contributed by atoms with E-state index in [9.17, 15) is 27.0 Å². The maximum atomic E-state index is 13.5. The highest BCUT2D eigenvalue weighted by molar-refractivity contribution is 7.89. The third-order valence-corrected chi connectivity index (χ3v) is 15.2. The maximum Gasteiger partial charge on any atom is 0.212 e. The smallest absolute Gasteiger partial charge is 0.212 e. The molecule has 0 amide bonds. The summed E-state index contributed by atoms with van der Waals surface area (Å²) in [6.07, 6.45) is 6.17. The van der Waals surface area contributed by atoms with E-state index in [1.54, 1.807) is 0 Å². The maximum absolute atomic E-state index is 13.5. The van der Waals surface area contributed by atoms with E-state index in [2.05, 4.69) is 37.1 Å². The van der Waals surface area contributed by atoms with Gasteiger partial charge in [0.05, 0.1) is 23.7 Å². The van der Waals surface area contributed by atoms with Crippen LogP contribution in [0, 0.1) is 33.5 Å². The second kappa shape index (κ2) is 8.62. The summed E-state index contributed by atoms with van der Waals surface area (Å²) >= 11 is 0. The molecule has 0 unspecified atom stereocenters. The number of hydrogen-bond donors (Lipinski definition) is 4. The van der Waals surface area contributed by atoms with Gasteiger partial charge in [-0.2, -0.15) is 0 Å². The number of nitrogens with one attached hydrogen (secondary N) is 2. The van der Waals surface area contributed by atoms with Crippen LogP contribution in [0.3, 0.4) is 0 Å². The topological polar surface area (TPSA) is 133 Å². The van der Waals surface area contributed by atoms with E-state index in [1.165, 1.54) is 0 Å². The SMILES string of the molecule is CC1(C)[C@H]2CC[C@]1(CS(=O)(=O)N[C@H]1CCCC[C@@H]1NS(=O)(=O)C[C@]13CC[C@H](C[C@@H]1O)C3(C)C)[C@H](O)C2. The van der Waals surface area contributed by atoms with Crippen molar-refractivity contribution in [3.63, 3.8) is 0 Å². The fourth-order valence-corrected chi connectivity index (χ4v) is 13.8. The van der Waals surface area contributed by atoms with Crippen molar-refractivity contribution in [1.29, 1.82) is 0 Å². The van der Waals surface area contributed by atoms with Gasteiger partial charge in [-0.15, -0.1) is 0 Å². The van der Waals surface area contributed by atoms with E-state index in [0.717, 1.165) is 25.7 Å². The largest absolute Gasteiger partial charge is 0.392 e. The molecule has 0 aliphatic heterocycles. The van der Waals surface area contributed by atoms with Gasteiger partial charge in [0.15, 0.2) is 0 Å². The zero-order chi connectivity index (χ0) is 26.4. The highest BCUT2D eigenvalue weighted by atomic mass is 32.2. The van der Waals surface area contributed by atoms with E-state index >= 15 is 0 Å². The summed E-state index contributed by atoms with van der Waals surface area (Å²) in [5, 5.41) is 21.7. The van der Waals surface area contributed by atoms with Gasteiger partial charge in [0.25, 0.3) is 0 Å². The molecule has 0 radical (unpaired) electrons. The molecule has 0 aromatic rings. The second-order valence-corrected chi connectivity index (χ2v) is 17.5. The Hall–Kier alpha value is -0.260. The quantitative estimate of drug-likeness (QED) is 0.370. The fourth-order valence-electron chi connectivity index (χ4n) is 9.39. The normalized spacial score (nSPS) is 45.4. The Bertz CT molecular complexity index is 1000. The summed E-state index contributed by atoms with van der Waals surface area (Å²) in [6, 6.07) is -1.02. The van der Waals surface area contributed by atoms with Crippen molar-refractivity contribution in [1.82, 2.24) is 9.44 Å². The summed E-state index contributed by atoms with van der Waals surface area (Å²) < 4.78 is 59.6. The molecule has 36 heavy (non-hydrogen) atoms. The van der Waals surface area contributed by atoms with Gasteiger partial charge in [-0.3, -0.25) is 0 Å². The van der Waals surface area contributed by atoms with Gasteiger partial charge in [0, 0.05) is 22.9 Å². The molecule has 5 fully saturated rings. The second-order valence-electron chi connectivity index (χ2n) is 14.0. The third kappa shape index (κ3) is 4.03. The molecule has 5 saturated carbocycles. The lowest BCUT2D eigenvalue weighted by atomic mass is 9.70. The van der Waals surface area contributed by atoms with Gasteiger partial charge < -0.3 is 10.2 Å². The predicted molar refractivity (Wildman–Crippen MR) is 139 cm³/mol. The van der Waals surface area contributed by atoms with Crippen molar-refractivity contribution in [3.05, 3.63) is 0 Å². The molecule has 0 saturated heterocycles. The molecule has 0 spiro atoms. The average molecular weight is 547 g/mol. The Balaban J connectivity index is 1.30. The van der Waals surface area contributed by atoms with E-state index in [0.29, 0.717) is 50.4 Å². The molecule has 0 heterocycles. The Kier molecular flexibility index (Phi) is 6.54. The molecule has 5 aliphatic rings. The van der Waals surface area contributed by atoms with E-state index in [-0.39, 0.29) is 22.3 Å². The Morgan fingerprint density at radius 3 is 1.31 bits per heavy atom. The van der Waals surface area contributed by atoms with Crippen LogP contribution < -0.4 is 9.44 Å². The number of rotatable bonds is 8. The Morgan fingerprint density at radius 1 is 0.667 bits per heavy atom. The lowest BCUT2D eigenvalue weighted by molar-refractivity contribution is 0.0148. The van der Waals surface area contributed by atoms with Gasteiger partial charge in [0.2, 0.25) is 20.0 Å². The molecule has 0 aromatic heterocycles. The molecule has 5 aliphatic carbocycles. The molecule has 10 heteroatoms. The molecule has 208 valence electrons. The monoisotopic (exact) mass is 546 g/mol. The molecular formula is C26H46N2O6S2. The Morgan fingerprint density at radius 2 is 1.03 bits per heavy atom. The predicted octanol–water partition coefficient (Wildman–Crippen LogP) is 2.51. The minimum absolute atomic E-state index is 0.120. The lowest BCUT2D eigenvalue weighted by Gasteiger charge is -2.42. The molecule has 0 aromatic carbocycles. The number of hydrogen-bond acceptors (Lipinski definition) is 6. The van der Waals surface area contributed by atoms with E-state index in [1.807, 2.05) is 0 Å². The van der Waals surface area contributed by atoms with Gasteiger partial charge in [0.1, 0.15) is 0 Å². The molecule has 5 rings (SSSR count). The highest BCUT2D eigenvalue weighted by Gasteiger charge is 2.66. The van der Waals surface area contributed by atoms with E-state index in [4.69, 9.17) is 0 Å². The molecule has 4 N–H and O–H groups in total. The third-order valence-electron chi connectivity index (χ3n) is 12.1. The van der Waals surface area contributed by atoms with Crippen LogP contribution >= 0.6 is 0 Å². The first kappa shape index (κ1) is 27.3. The first-order valence-electron chi connectivity index (χ1n) is 13.9. The van der Waals surface area contributed by atoms with Gasteiger partial charge >= 0.3 is 0 Å². The highest BCUT2D eigenvalue weighted by Crippen LogP contribution is 2.67. The fraction of sp³-hybridized carbons (Fsp3) is 1.00. The number of aliphatic hydroxyl groups is 2. The van der Waals surface area contributed by atoms with Crippen LogP contribution in [0.15, 0.2) is 0 Å². The van der Waals surface area contributed by atoms with Crippen molar-refractivity contribution >= 4 is 20.0 Å². The van der Waals surface area contributed by atoms with Crippen LogP contribution in [-0.2, 0) is 20.0 Å². The molecule has 4 bridgehead atoms. The molecule has 8 nitrogen and oxygen atoms in total. The molecule has 8 atom stereocenters. The first-order chi connectivity index (χ1) is 16.6. The summed E-state index contributed by atoms with van der Waals surface area (Å²) in [5.74, 6) is 0.431. The van der Waals surface area contributed by atoms with Crippen molar-refractivity contribution in [2.24, 2.45) is 33.5 Å². The zero-order valence-corrected chi connectivity index (χ0v) is 23.9.